The van der Waals surface area contributed by atoms with Gasteiger partial charge in [-0.2, -0.15) is 0 Å². The lowest BCUT2D eigenvalue weighted by Gasteiger charge is -2.29. The first-order valence-corrected chi connectivity index (χ1v) is 26.5. The first kappa shape index (κ1) is 58.5. The second-order valence-electron chi connectivity index (χ2n) is 18.2. The molecule has 2 N–H and O–H groups in total. The van der Waals surface area contributed by atoms with Gasteiger partial charge in [0, 0.05) is 6.42 Å². The molecule has 3 unspecified atom stereocenters. The second kappa shape index (κ2) is 42.7. The molecular weight excluding hydrogens is 768 g/mol. The maximum Gasteiger partial charge on any atom is 0.268 e. The van der Waals surface area contributed by atoms with Crippen LogP contribution in [0.5, 0.6) is 0 Å². The van der Waals surface area contributed by atoms with Crippen molar-refractivity contribution in [3.8, 4) is 0 Å². The van der Waals surface area contributed by atoms with Crippen LogP contribution in [0.2, 0.25) is 0 Å². The molecule has 9 heteroatoms. The summed E-state index contributed by atoms with van der Waals surface area (Å²) in [5.41, 5.74) is 0. The summed E-state index contributed by atoms with van der Waals surface area (Å²) in [6.07, 6.45) is 54.5. The van der Waals surface area contributed by atoms with E-state index in [1.54, 1.807) is 6.08 Å². The molecule has 0 saturated heterocycles. The number of rotatable bonds is 45. The number of aliphatic hydroxyl groups excluding tert-OH is 1. The predicted octanol–water partition coefficient (Wildman–Crippen LogP) is 13.8. The van der Waals surface area contributed by atoms with E-state index < -0.39 is 26.6 Å². The molecule has 0 heterocycles. The first-order valence-electron chi connectivity index (χ1n) is 25.0. The maximum absolute atomic E-state index is 12.9. The highest BCUT2D eigenvalue weighted by atomic mass is 31.2. The monoisotopic (exact) mass is 865 g/mol. The number of amides is 1. The summed E-state index contributed by atoms with van der Waals surface area (Å²) >= 11 is 0. The predicted molar refractivity (Wildman–Crippen MR) is 256 cm³/mol. The largest absolute Gasteiger partial charge is 0.756 e. The Morgan fingerprint density at radius 1 is 0.583 bits per heavy atom. The molecule has 60 heavy (non-hydrogen) atoms. The Kier molecular flexibility index (Phi) is 41.6. The lowest BCUT2D eigenvalue weighted by Crippen LogP contribution is -2.45. The fraction of sp³-hybridized carbons (Fsp3) is 0.824. The van der Waals surface area contributed by atoms with E-state index >= 15 is 0 Å². The van der Waals surface area contributed by atoms with Crippen LogP contribution in [0.3, 0.4) is 0 Å². The van der Waals surface area contributed by atoms with Crippen molar-refractivity contribution in [3.63, 3.8) is 0 Å². The molecule has 0 aromatic carbocycles. The van der Waals surface area contributed by atoms with Gasteiger partial charge in [-0.3, -0.25) is 9.36 Å². The minimum atomic E-state index is -4.60. The number of nitrogens with one attached hydrogen (secondary N) is 1. The van der Waals surface area contributed by atoms with Crippen LogP contribution in [0.4, 0.5) is 0 Å². The van der Waals surface area contributed by atoms with Gasteiger partial charge in [0.05, 0.1) is 39.9 Å². The van der Waals surface area contributed by atoms with Gasteiger partial charge in [-0.1, -0.05) is 204 Å². The highest BCUT2D eigenvalue weighted by Gasteiger charge is 2.23. The molecule has 0 aromatic rings. The van der Waals surface area contributed by atoms with Crippen LogP contribution < -0.4 is 10.2 Å². The van der Waals surface area contributed by atoms with Gasteiger partial charge >= 0.3 is 0 Å². The summed E-state index contributed by atoms with van der Waals surface area (Å²) in [5.74, 6) is -0.211. The highest BCUT2D eigenvalue weighted by molar-refractivity contribution is 7.45. The van der Waals surface area contributed by atoms with Gasteiger partial charge < -0.3 is 28.8 Å². The van der Waals surface area contributed by atoms with Crippen molar-refractivity contribution in [1.29, 1.82) is 0 Å². The van der Waals surface area contributed by atoms with Crippen molar-refractivity contribution in [1.82, 2.24) is 5.32 Å². The van der Waals surface area contributed by atoms with Gasteiger partial charge in [0.1, 0.15) is 13.2 Å². The van der Waals surface area contributed by atoms with Gasteiger partial charge in [-0.25, -0.2) is 0 Å². The number of hydrogen-bond donors (Lipinski definition) is 2. The average molecular weight is 865 g/mol. The summed E-state index contributed by atoms with van der Waals surface area (Å²) in [6.45, 7) is 4.60. The zero-order valence-electron chi connectivity index (χ0n) is 39.9. The standard InChI is InChI=1S/C51H97N2O6P/c1-6-8-10-12-14-16-18-20-22-24-26-28-30-32-34-36-38-40-42-44-50(54)49(48-59-60(56,57)58-47-46-53(3,4)5)52-51(55)45-43-41-39-37-35-33-31-29-27-25-23-21-19-17-15-13-11-9-7-2/h15,17,19,21,34,36,42,44,49-50,54H,6-14,16,18,20,22-33,35,37-41,43,45-48H2,1-5H3,(H-,52,55,56,57)/b17-15-,21-19-,36-34+,44-42+. The molecule has 0 saturated carbocycles. The molecule has 1 amide bonds. The maximum atomic E-state index is 12.9. The van der Waals surface area contributed by atoms with Crippen molar-refractivity contribution in [2.75, 3.05) is 40.9 Å². The van der Waals surface area contributed by atoms with E-state index in [-0.39, 0.29) is 12.5 Å². The molecule has 0 rings (SSSR count). The number of phosphoric ester groups is 1. The van der Waals surface area contributed by atoms with Gasteiger partial charge in [0.25, 0.3) is 7.82 Å². The molecule has 8 nitrogen and oxygen atoms in total. The summed E-state index contributed by atoms with van der Waals surface area (Å²) in [5, 5.41) is 13.8. The number of quaternary nitrogens is 1. The highest BCUT2D eigenvalue weighted by Crippen LogP contribution is 2.38. The minimum absolute atomic E-state index is 0.00791. The van der Waals surface area contributed by atoms with Crippen molar-refractivity contribution in [3.05, 3.63) is 48.6 Å². The van der Waals surface area contributed by atoms with E-state index in [0.717, 1.165) is 38.5 Å². The summed E-state index contributed by atoms with van der Waals surface area (Å²) < 4.78 is 23.2. The van der Waals surface area contributed by atoms with E-state index in [4.69, 9.17) is 9.05 Å². The Morgan fingerprint density at radius 3 is 1.48 bits per heavy atom. The molecule has 3 atom stereocenters. The number of phosphoric acid groups is 1. The third-order valence-corrected chi connectivity index (χ3v) is 12.0. The van der Waals surface area contributed by atoms with Crippen LogP contribution in [-0.4, -0.2) is 68.5 Å². The van der Waals surface area contributed by atoms with E-state index in [2.05, 4.69) is 55.6 Å². The lowest BCUT2D eigenvalue weighted by atomic mass is 10.0. The van der Waals surface area contributed by atoms with Crippen LogP contribution in [0.1, 0.15) is 219 Å². The quantitative estimate of drug-likeness (QED) is 0.0208. The summed E-state index contributed by atoms with van der Waals surface area (Å²) in [7, 11) is 1.24. The lowest BCUT2D eigenvalue weighted by molar-refractivity contribution is -0.870. The number of aliphatic hydroxyl groups is 1. The molecular formula is C51H97N2O6P. The van der Waals surface area contributed by atoms with E-state index in [0.29, 0.717) is 17.4 Å². The SMILES string of the molecule is CCCCC/C=C\C=C/CCCCCCCCCCCCC(=O)NC(COP(=O)([O-])OCC[N+](C)(C)C)C(O)/C=C/CC/C=C/CCCCCCCCCCCCCCC. The third kappa shape index (κ3) is 44.5. The van der Waals surface area contributed by atoms with Crippen LogP contribution in [0, 0.1) is 0 Å². The van der Waals surface area contributed by atoms with Gasteiger partial charge in [0.15, 0.2) is 0 Å². The smallest absolute Gasteiger partial charge is 0.268 e. The Morgan fingerprint density at radius 2 is 0.983 bits per heavy atom. The van der Waals surface area contributed by atoms with Crippen molar-refractivity contribution in [2.24, 2.45) is 0 Å². The fourth-order valence-corrected chi connectivity index (χ4v) is 7.76. The zero-order chi connectivity index (χ0) is 44.3. The van der Waals surface area contributed by atoms with E-state index in [1.807, 2.05) is 27.2 Å². The van der Waals surface area contributed by atoms with Crippen LogP contribution in [0.25, 0.3) is 0 Å². The number of allylic oxidation sites excluding steroid dienone is 7. The molecule has 0 bridgehead atoms. The molecule has 0 fully saturated rings. The minimum Gasteiger partial charge on any atom is -0.756 e. The number of nitrogens with zero attached hydrogens (tertiary/aromatic N) is 1. The molecule has 0 radical (unpaired) electrons. The third-order valence-electron chi connectivity index (χ3n) is 11.0. The molecule has 352 valence electrons. The zero-order valence-corrected chi connectivity index (χ0v) is 40.8. The number of unbranched alkanes of at least 4 members (excludes halogenated alkanes) is 27. The van der Waals surface area contributed by atoms with Gasteiger partial charge in [-0.15, -0.1) is 0 Å². The molecule has 0 aliphatic rings. The number of hydrogen-bond acceptors (Lipinski definition) is 6. The van der Waals surface area contributed by atoms with Crippen molar-refractivity contribution < 1.29 is 32.9 Å². The molecule has 0 aliphatic carbocycles. The number of carbonyl (C=O) groups is 1. The Hall–Kier alpha value is -1.54. The average Bonchev–Trinajstić information content (AvgIpc) is 3.20. The molecule has 0 aromatic heterocycles. The van der Waals surface area contributed by atoms with Crippen LogP contribution >= 0.6 is 7.82 Å². The second-order valence-corrected chi connectivity index (χ2v) is 19.6. The summed E-state index contributed by atoms with van der Waals surface area (Å²) in [4.78, 5) is 25.4. The Labute approximate surface area is 371 Å². The van der Waals surface area contributed by atoms with Gasteiger partial charge in [-0.05, 0) is 57.8 Å². The van der Waals surface area contributed by atoms with Gasteiger partial charge in [0.2, 0.25) is 5.91 Å². The van der Waals surface area contributed by atoms with E-state index in [1.165, 1.54) is 161 Å². The van der Waals surface area contributed by atoms with E-state index in [9.17, 15) is 19.4 Å². The van der Waals surface area contributed by atoms with Crippen molar-refractivity contribution >= 4 is 13.7 Å². The Bertz CT molecular complexity index is 1120. The Balaban J connectivity index is 4.39. The molecule has 0 aliphatic heterocycles. The van der Waals surface area contributed by atoms with Crippen LogP contribution in [0.15, 0.2) is 48.6 Å². The summed E-state index contributed by atoms with van der Waals surface area (Å²) in [6, 6.07) is -0.905. The first-order chi connectivity index (χ1) is 29.0. The topological polar surface area (TPSA) is 108 Å². The normalized spacial score (nSPS) is 14.6. The number of likely N-dealkylation sites (N-methyl/N-ethyl adjacent to an activating group) is 1. The fourth-order valence-electron chi connectivity index (χ4n) is 7.04. The number of carbonyl (C=O) groups excluding carboxylic acids is 1. The van der Waals surface area contributed by atoms with Crippen molar-refractivity contribution in [2.45, 2.75) is 231 Å². The van der Waals surface area contributed by atoms with Crippen LogP contribution in [-0.2, 0) is 18.4 Å². The molecule has 0 spiro atoms.